The van der Waals surface area contributed by atoms with Gasteiger partial charge in [0.25, 0.3) is 0 Å². The van der Waals surface area contributed by atoms with Gasteiger partial charge < -0.3 is 14.9 Å². The highest BCUT2D eigenvalue weighted by atomic mass is 16.4. The largest absolute Gasteiger partial charge is 0.477 e. The lowest BCUT2D eigenvalue weighted by Crippen LogP contribution is -2.37. The van der Waals surface area contributed by atoms with Crippen molar-refractivity contribution in [3.8, 4) is 0 Å². The average Bonchev–Trinajstić information content (AvgIpc) is 3.10. The molecule has 1 N–H and O–H groups in total. The van der Waals surface area contributed by atoms with Crippen molar-refractivity contribution in [1.29, 1.82) is 0 Å². The van der Waals surface area contributed by atoms with E-state index in [2.05, 4.69) is 9.88 Å². The van der Waals surface area contributed by atoms with Gasteiger partial charge in [-0.3, -0.25) is 4.79 Å². The Bertz CT molecular complexity index is 576. The summed E-state index contributed by atoms with van der Waals surface area (Å²) in [6.07, 6.45) is 4.83. The normalized spacial score (nSPS) is 19.1. The number of carbonyl (C=O) groups excluding carboxylic acids is 1. The molecule has 124 valence electrons. The lowest BCUT2D eigenvalue weighted by Gasteiger charge is -2.33. The molecule has 23 heavy (non-hydrogen) atoms. The number of carboxylic acid groups (broad SMARTS) is 1. The lowest BCUT2D eigenvalue weighted by molar-refractivity contribution is -0.131. The number of carboxylic acids is 1. The topological polar surface area (TPSA) is 73.7 Å². The minimum Gasteiger partial charge on any atom is -0.477 e. The van der Waals surface area contributed by atoms with Crippen LogP contribution in [0.15, 0.2) is 18.2 Å². The molecule has 6 heteroatoms. The first kappa shape index (κ1) is 15.8. The Morgan fingerprint density at radius 1 is 1.13 bits per heavy atom. The molecule has 0 bridgehead atoms. The van der Waals surface area contributed by atoms with Gasteiger partial charge in [0.05, 0.1) is 0 Å². The second kappa shape index (κ2) is 6.98. The SMILES string of the molecule is O=C(O)c1cccc(N2CCC(CC(=O)N3CCCC3)CC2)n1. The first-order valence-corrected chi connectivity index (χ1v) is 8.36. The molecule has 0 saturated carbocycles. The molecule has 0 atom stereocenters. The maximum absolute atomic E-state index is 12.2. The fourth-order valence-corrected chi connectivity index (χ4v) is 3.43. The van der Waals surface area contributed by atoms with Crippen LogP contribution in [0.25, 0.3) is 0 Å². The second-order valence-corrected chi connectivity index (χ2v) is 6.41. The number of carbonyl (C=O) groups is 2. The number of likely N-dealkylation sites (tertiary alicyclic amines) is 1. The predicted octanol–water partition coefficient (Wildman–Crippen LogP) is 2.01. The van der Waals surface area contributed by atoms with Crippen LogP contribution in [-0.2, 0) is 4.79 Å². The molecule has 3 rings (SSSR count). The molecule has 1 amide bonds. The summed E-state index contributed by atoms with van der Waals surface area (Å²) in [7, 11) is 0. The molecular formula is C17H23N3O3. The number of nitrogens with zero attached hydrogens (tertiary/aromatic N) is 3. The zero-order valence-electron chi connectivity index (χ0n) is 13.3. The Labute approximate surface area is 136 Å². The monoisotopic (exact) mass is 317 g/mol. The molecule has 2 aliphatic rings. The van der Waals surface area contributed by atoms with E-state index in [1.165, 1.54) is 6.07 Å². The Balaban J connectivity index is 1.53. The van der Waals surface area contributed by atoms with Crippen molar-refractivity contribution in [1.82, 2.24) is 9.88 Å². The number of aromatic nitrogens is 1. The van der Waals surface area contributed by atoms with Crippen molar-refractivity contribution in [2.75, 3.05) is 31.1 Å². The number of rotatable bonds is 4. The maximum atomic E-state index is 12.2. The summed E-state index contributed by atoms with van der Waals surface area (Å²) in [5, 5.41) is 9.03. The molecule has 1 aromatic heterocycles. The van der Waals surface area contributed by atoms with Crippen LogP contribution in [0.5, 0.6) is 0 Å². The van der Waals surface area contributed by atoms with Gasteiger partial charge in [-0.15, -0.1) is 0 Å². The molecule has 3 heterocycles. The molecule has 0 unspecified atom stereocenters. The summed E-state index contributed by atoms with van der Waals surface area (Å²) in [5.41, 5.74) is 0.0776. The summed E-state index contributed by atoms with van der Waals surface area (Å²) in [6.45, 7) is 3.50. The van der Waals surface area contributed by atoms with E-state index >= 15 is 0 Å². The number of hydrogen-bond donors (Lipinski definition) is 1. The third kappa shape index (κ3) is 3.81. The Morgan fingerprint density at radius 2 is 1.83 bits per heavy atom. The summed E-state index contributed by atoms with van der Waals surface area (Å²) < 4.78 is 0. The van der Waals surface area contributed by atoms with E-state index in [1.807, 2.05) is 11.0 Å². The Morgan fingerprint density at radius 3 is 2.48 bits per heavy atom. The van der Waals surface area contributed by atoms with Gasteiger partial charge in [-0.05, 0) is 43.7 Å². The van der Waals surface area contributed by atoms with Gasteiger partial charge in [0, 0.05) is 32.6 Å². The summed E-state index contributed by atoms with van der Waals surface area (Å²) in [4.78, 5) is 31.5. The van der Waals surface area contributed by atoms with Crippen LogP contribution in [0, 0.1) is 5.92 Å². The Hall–Kier alpha value is -2.11. The van der Waals surface area contributed by atoms with Crippen LogP contribution in [0.1, 0.15) is 42.6 Å². The van der Waals surface area contributed by atoms with Crippen LogP contribution in [0.4, 0.5) is 5.82 Å². The molecule has 0 radical (unpaired) electrons. The van der Waals surface area contributed by atoms with Crippen LogP contribution in [0.3, 0.4) is 0 Å². The minimum absolute atomic E-state index is 0.0776. The number of aromatic carboxylic acids is 1. The van der Waals surface area contributed by atoms with Crippen molar-refractivity contribution < 1.29 is 14.7 Å². The number of anilines is 1. The van der Waals surface area contributed by atoms with Gasteiger partial charge in [-0.2, -0.15) is 0 Å². The standard InChI is InChI=1S/C17H23N3O3/c21-16(20-8-1-2-9-20)12-13-6-10-19(11-7-13)15-5-3-4-14(18-15)17(22)23/h3-5,13H,1-2,6-12H2,(H,22,23). The highest BCUT2D eigenvalue weighted by molar-refractivity contribution is 5.85. The van der Waals surface area contributed by atoms with E-state index in [0.717, 1.165) is 51.9 Å². The van der Waals surface area contributed by atoms with Gasteiger partial charge in [0.2, 0.25) is 5.91 Å². The summed E-state index contributed by atoms with van der Waals surface area (Å²) in [6, 6.07) is 5.09. The van der Waals surface area contributed by atoms with Crippen molar-refractivity contribution >= 4 is 17.7 Å². The molecule has 0 aromatic carbocycles. The summed E-state index contributed by atoms with van der Waals surface area (Å²) in [5.74, 6) is 0.445. The molecular weight excluding hydrogens is 294 g/mol. The highest BCUT2D eigenvalue weighted by Crippen LogP contribution is 2.25. The second-order valence-electron chi connectivity index (χ2n) is 6.41. The molecule has 1 aromatic rings. The smallest absolute Gasteiger partial charge is 0.354 e. The van der Waals surface area contributed by atoms with E-state index in [9.17, 15) is 9.59 Å². The number of hydrogen-bond acceptors (Lipinski definition) is 4. The van der Waals surface area contributed by atoms with Crippen LogP contribution in [0.2, 0.25) is 0 Å². The van der Waals surface area contributed by atoms with Gasteiger partial charge in [0.1, 0.15) is 5.82 Å². The molecule has 2 aliphatic heterocycles. The average molecular weight is 317 g/mol. The molecule has 0 spiro atoms. The quantitative estimate of drug-likeness (QED) is 0.919. The first-order valence-electron chi connectivity index (χ1n) is 8.36. The van der Waals surface area contributed by atoms with E-state index < -0.39 is 5.97 Å². The lowest BCUT2D eigenvalue weighted by atomic mass is 9.93. The molecule has 2 fully saturated rings. The van der Waals surface area contributed by atoms with E-state index in [1.54, 1.807) is 6.07 Å². The van der Waals surface area contributed by atoms with E-state index in [-0.39, 0.29) is 5.69 Å². The zero-order valence-corrected chi connectivity index (χ0v) is 13.3. The zero-order chi connectivity index (χ0) is 16.2. The first-order chi connectivity index (χ1) is 11.1. The third-order valence-electron chi connectivity index (χ3n) is 4.81. The van der Waals surface area contributed by atoms with Crippen molar-refractivity contribution in [2.24, 2.45) is 5.92 Å². The van der Waals surface area contributed by atoms with Crippen LogP contribution >= 0.6 is 0 Å². The Kier molecular flexibility index (Phi) is 4.79. The predicted molar refractivity (Wildman–Crippen MR) is 86.6 cm³/mol. The van der Waals surface area contributed by atoms with Gasteiger partial charge in [-0.1, -0.05) is 6.07 Å². The van der Waals surface area contributed by atoms with Crippen molar-refractivity contribution in [2.45, 2.75) is 32.1 Å². The fourth-order valence-electron chi connectivity index (χ4n) is 3.43. The van der Waals surface area contributed by atoms with Gasteiger partial charge in [0.15, 0.2) is 5.69 Å². The van der Waals surface area contributed by atoms with E-state index in [0.29, 0.717) is 24.1 Å². The third-order valence-corrected chi connectivity index (χ3v) is 4.81. The molecule has 0 aliphatic carbocycles. The van der Waals surface area contributed by atoms with Gasteiger partial charge >= 0.3 is 5.97 Å². The number of pyridine rings is 1. The van der Waals surface area contributed by atoms with Crippen LogP contribution < -0.4 is 4.90 Å². The highest BCUT2D eigenvalue weighted by Gasteiger charge is 2.25. The van der Waals surface area contributed by atoms with Gasteiger partial charge in [-0.25, -0.2) is 9.78 Å². The summed E-state index contributed by atoms with van der Waals surface area (Å²) >= 11 is 0. The number of amides is 1. The van der Waals surface area contributed by atoms with Crippen molar-refractivity contribution in [3.63, 3.8) is 0 Å². The molecule has 2 saturated heterocycles. The minimum atomic E-state index is -1.00. The fraction of sp³-hybridized carbons (Fsp3) is 0.588. The van der Waals surface area contributed by atoms with Crippen LogP contribution in [-0.4, -0.2) is 53.0 Å². The van der Waals surface area contributed by atoms with E-state index in [4.69, 9.17) is 5.11 Å². The van der Waals surface area contributed by atoms with Crippen molar-refractivity contribution in [3.05, 3.63) is 23.9 Å². The maximum Gasteiger partial charge on any atom is 0.354 e. The number of piperidine rings is 1. The molecule has 6 nitrogen and oxygen atoms in total.